The highest BCUT2D eigenvalue weighted by Crippen LogP contribution is 2.32. The minimum absolute atomic E-state index is 0.238. The summed E-state index contributed by atoms with van der Waals surface area (Å²) in [4.78, 5) is 14.1. The highest BCUT2D eigenvalue weighted by Gasteiger charge is 2.30. The molecular formula is C11H6F3N3O. The van der Waals surface area contributed by atoms with Crippen LogP contribution < -0.4 is 5.56 Å². The number of fused-ring (bicyclic) bond motifs is 3. The zero-order valence-corrected chi connectivity index (χ0v) is 8.80. The van der Waals surface area contributed by atoms with Crippen LogP contribution in [0.15, 0.2) is 29.2 Å². The SMILES string of the molecule is O=c1[nH]c2ccc(C(F)(F)F)cc2c2[nH]ncc12. The number of nitrogens with zero attached hydrogens (tertiary/aromatic N) is 1. The van der Waals surface area contributed by atoms with Crippen molar-refractivity contribution < 1.29 is 13.2 Å². The van der Waals surface area contributed by atoms with Crippen molar-refractivity contribution in [1.29, 1.82) is 0 Å². The molecule has 18 heavy (non-hydrogen) atoms. The molecule has 92 valence electrons. The van der Waals surface area contributed by atoms with Crippen molar-refractivity contribution in [2.75, 3.05) is 0 Å². The van der Waals surface area contributed by atoms with Gasteiger partial charge in [-0.25, -0.2) is 0 Å². The fourth-order valence-corrected chi connectivity index (χ4v) is 1.89. The minimum Gasteiger partial charge on any atom is -0.321 e. The highest BCUT2D eigenvalue weighted by atomic mass is 19.4. The number of rotatable bonds is 0. The Hall–Kier alpha value is -2.31. The predicted molar refractivity (Wildman–Crippen MR) is 59.2 cm³/mol. The number of nitrogens with one attached hydrogen (secondary N) is 2. The van der Waals surface area contributed by atoms with E-state index in [2.05, 4.69) is 15.2 Å². The lowest BCUT2D eigenvalue weighted by atomic mass is 10.1. The average molecular weight is 253 g/mol. The molecule has 0 unspecified atom stereocenters. The second kappa shape index (κ2) is 3.34. The summed E-state index contributed by atoms with van der Waals surface area (Å²) in [7, 11) is 0. The fraction of sp³-hybridized carbons (Fsp3) is 0.0909. The molecule has 2 N–H and O–H groups in total. The summed E-state index contributed by atoms with van der Waals surface area (Å²) < 4.78 is 37.9. The van der Waals surface area contributed by atoms with Gasteiger partial charge in [0.05, 0.1) is 28.2 Å². The first-order chi connectivity index (χ1) is 8.47. The lowest BCUT2D eigenvalue weighted by Gasteiger charge is -2.07. The van der Waals surface area contributed by atoms with Gasteiger partial charge < -0.3 is 4.98 Å². The van der Waals surface area contributed by atoms with Crippen molar-refractivity contribution in [1.82, 2.24) is 15.2 Å². The summed E-state index contributed by atoms with van der Waals surface area (Å²) in [6.45, 7) is 0. The van der Waals surface area contributed by atoms with Crippen LogP contribution in [-0.2, 0) is 6.18 Å². The van der Waals surface area contributed by atoms with Gasteiger partial charge in [0.2, 0.25) is 0 Å². The molecule has 0 aliphatic heterocycles. The third-order valence-corrected chi connectivity index (χ3v) is 2.75. The van der Waals surface area contributed by atoms with E-state index in [9.17, 15) is 18.0 Å². The topological polar surface area (TPSA) is 61.5 Å². The summed E-state index contributed by atoms with van der Waals surface area (Å²) in [5, 5.41) is 6.75. The van der Waals surface area contributed by atoms with Crippen LogP contribution in [0.3, 0.4) is 0 Å². The second-order valence-electron chi connectivity index (χ2n) is 3.87. The van der Waals surface area contributed by atoms with Gasteiger partial charge in [0, 0.05) is 5.39 Å². The van der Waals surface area contributed by atoms with Crippen LogP contribution in [0.2, 0.25) is 0 Å². The van der Waals surface area contributed by atoms with E-state index in [1.165, 1.54) is 12.3 Å². The lowest BCUT2D eigenvalue weighted by Crippen LogP contribution is -2.08. The molecule has 0 fully saturated rings. The van der Waals surface area contributed by atoms with Crippen LogP contribution in [0.4, 0.5) is 13.2 Å². The Balaban J connectivity index is 2.46. The highest BCUT2D eigenvalue weighted by molar-refractivity contribution is 6.02. The van der Waals surface area contributed by atoms with Gasteiger partial charge in [-0.3, -0.25) is 9.89 Å². The summed E-state index contributed by atoms with van der Waals surface area (Å²) in [6.07, 6.45) is -3.13. The number of benzene rings is 1. The molecule has 0 aliphatic rings. The third kappa shape index (κ3) is 1.47. The average Bonchev–Trinajstić information content (AvgIpc) is 2.77. The number of pyridine rings is 1. The number of hydrogen-bond acceptors (Lipinski definition) is 2. The Labute approximate surface area is 97.4 Å². The molecule has 4 nitrogen and oxygen atoms in total. The van der Waals surface area contributed by atoms with Gasteiger partial charge in [-0.1, -0.05) is 0 Å². The number of H-pyrrole nitrogens is 2. The van der Waals surface area contributed by atoms with Crippen molar-refractivity contribution in [2.45, 2.75) is 6.18 Å². The molecule has 2 heterocycles. The number of hydrogen-bond donors (Lipinski definition) is 2. The van der Waals surface area contributed by atoms with Crippen LogP contribution in [-0.4, -0.2) is 15.2 Å². The van der Waals surface area contributed by atoms with E-state index in [1.54, 1.807) is 0 Å². The van der Waals surface area contributed by atoms with Gasteiger partial charge in [0.1, 0.15) is 0 Å². The smallest absolute Gasteiger partial charge is 0.321 e. The zero-order chi connectivity index (χ0) is 12.9. The van der Waals surface area contributed by atoms with Crippen LogP contribution in [0.1, 0.15) is 5.56 Å². The molecule has 0 spiro atoms. The standard InChI is InChI=1S/C11H6F3N3O/c12-11(13,14)5-1-2-8-6(3-5)9-7(4-15-17-9)10(18)16-8/h1-4H,(H,15,17)(H,16,18). The van der Waals surface area contributed by atoms with E-state index in [-0.39, 0.29) is 16.3 Å². The Kier molecular flexibility index (Phi) is 2.01. The first kappa shape index (κ1) is 10.8. The maximum atomic E-state index is 12.6. The molecule has 2 aromatic heterocycles. The Morgan fingerprint density at radius 1 is 1.17 bits per heavy atom. The van der Waals surface area contributed by atoms with E-state index in [0.717, 1.165) is 12.1 Å². The van der Waals surface area contributed by atoms with E-state index in [1.807, 2.05) is 0 Å². The second-order valence-corrected chi connectivity index (χ2v) is 3.87. The van der Waals surface area contributed by atoms with Gasteiger partial charge in [-0.05, 0) is 18.2 Å². The van der Waals surface area contributed by atoms with Gasteiger partial charge in [-0.15, -0.1) is 0 Å². The number of alkyl halides is 3. The Bertz CT molecular complexity index is 800. The van der Waals surface area contributed by atoms with Crippen LogP contribution in [0.5, 0.6) is 0 Å². The normalized spacial score (nSPS) is 12.4. The summed E-state index contributed by atoms with van der Waals surface area (Å²) in [5.41, 5.74) is -0.506. The van der Waals surface area contributed by atoms with Gasteiger partial charge in [0.15, 0.2) is 0 Å². The first-order valence-corrected chi connectivity index (χ1v) is 5.03. The number of aromatic amines is 2. The molecule has 0 bridgehead atoms. The van der Waals surface area contributed by atoms with Gasteiger partial charge >= 0.3 is 6.18 Å². The van der Waals surface area contributed by atoms with E-state index >= 15 is 0 Å². The summed E-state index contributed by atoms with van der Waals surface area (Å²) in [5.74, 6) is 0. The Morgan fingerprint density at radius 3 is 2.67 bits per heavy atom. The van der Waals surface area contributed by atoms with Crippen molar-refractivity contribution in [2.24, 2.45) is 0 Å². The van der Waals surface area contributed by atoms with Crippen molar-refractivity contribution in [3.8, 4) is 0 Å². The molecule has 3 aromatic rings. The van der Waals surface area contributed by atoms with Crippen LogP contribution >= 0.6 is 0 Å². The van der Waals surface area contributed by atoms with Crippen LogP contribution in [0.25, 0.3) is 21.8 Å². The van der Waals surface area contributed by atoms with Gasteiger partial charge in [0.25, 0.3) is 5.56 Å². The quantitative estimate of drug-likeness (QED) is 0.646. The maximum absolute atomic E-state index is 12.6. The molecule has 0 radical (unpaired) electrons. The Morgan fingerprint density at radius 2 is 1.94 bits per heavy atom. The molecule has 7 heteroatoms. The molecule has 0 saturated carbocycles. The van der Waals surface area contributed by atoms with Crippen molar-refractivity contribution >= 4 is 21.8 Å². The number of aromatic nitrogens is 3. The predicted octanol–water partition coefficient (Wildman–Crippen LogP) is 2.42. The lowest BCUT2D eigenvalue weighted by molar-refractivity contribution is -0.137. The van der Waals surface area contributed by atoms with Gasteiger partial charge in [-0.2, -0.15) is 18.3 Å². The molecule has 0 saturated heterocycles. The molecule has 1 aromatic carbocycles. The molecular weight excluding hydrogens is 247 g/mol. The molecule has 0 atom stereocenters. The number of halogens is 3. The van der Waals surface area contributed by atoms with Crippen molar-refractivity contribution in [3.05, 3.63) is 40.3 Å². The van der Waals surface area contributed by atoms with Crippen molar-refractivity contribution in [3.63, 3.8) is 0 Å². The largest absolute Gasteiger partial charge is 0.416 e. The maximum Gasteiger partial charge on any atom is 0.416 e. The third-order valence-electron chi connectivity index (χ3n) is 2.75. The monoisotopic (exact) mass is 253 g/mol. The molecule has 3 rings (SSSR count). The van der Waals surface area contributed by atoms with E-state index < -0.39 is 11.7 Å². The minimum atomic E-state index is -4.42. The molecule has 0 aliphatic carbocycles. The fourth-order valence-electron chi connectivity index (χ4n) is 1.89. The van der Waals surface area contributed by atoms with Crippen LogP contribution in [0, 0.1) is 0 Å². The summed E-state index contributed by atoms with van der Waals surface area (Å²) in [6, 6.07) is 3.16. The molecule has 0 amide bonds. The first-order valence-electron chi connectivity index (χ1n) is 5.03. The van der Waals surface area contributed by atoms with E-state index in [4.69, 9.17) is 0 Å². The van der Waals surface area contributed by atoms with E-state index in [0.29, 0.717) is 11.0 Å². The summed E-state index contributed by atoms with van der Waals surface area (Å²) >= 11 is 0. The zero-order valence-electron chi connectivity index (χ0n) is 8.80.